The van der Waals surface area contributed by atoms with Gasteiger partial charge in [-0.2, -0.15) is 18.4 Å². The fraction of sp³-hybridized carbons (Fsp3) is 0.133. The predicted octanol–water partition coefficient (Wildman–Crippen LogP) is 4.30. The third-order valence-electron chi connectivity index (χ3n) is 2.67. The molecule has 0 saturated carbocycles. The van der Waals surface area contributed by atoms with Crippen molar-refractivity contribution in [2.75, 3.05) is 0 Å². The van der Waals surface area contributed by atoms with Crippen LogP contribution in [0.5, 0.6) is 5.75 Å². The minimum Gasteiger partial charge on any atom is -0.488 e. The summed E-state index contributed by atoms with van der Waals surface area (Å²) in [4.78, 5) is 0. The fourth-order valence-corrected chi connectivity index (χ4v) is 1.79. The largest absolute Gasteiger partial charge is 0.488 e. The molecule has 6 heteroatoms. The average Bonchev–Trinajstić information content (AvgIpc) is 2.44. The highest BCUT2D eigenvalue weighted by atomic mass is 19.4. The Labute approximate surface area is 118 Å². The van der Waals surface area contributed by atoms with Gasteiger partial charge in [0.1, 0.15) is 18.2 Å². The number of para-hydroxylation sites is 1. The van der Waals surface area contributed by atoms with Crippen LogP contribution in [0.25, 0.3) is 0 Å². The maximum Gasteiger partial charge on any atom is 0.419 e. The highest BCUT2D eigenvalue weighted by molar-refractivity contribution is 5.37. The maximum absolute atomic E-state index is 13.2. The van der Waals surface area contributed by atoms with Crippen molar-refractivity contribution in [3.8, 4) is 11.8 Å². The van der Waals surface area contributed by atoms with Gasteiger partial charge in [-0.15, -0.1) is 0 Å². The maximum atomic E-state index is 13.2. The highest BCUT2D eigenvalue weighted by Gasteiger charge is 2.33. The van der Waals surface area contributed by atoms with Gasteiger partial charge in [0.25, 0.3) is 0 Å². The Morgan fingerprint density at radius 2 is 1.81 bits per heavy atom. The number of rotatable bonds is 3. The number of alkyl halides is 3. The van der Waals surface area contributed by atoms with Crippen LogP contribution in [0.3, 0.4) is 0 Å². The molecule has 0 amide bonds. The van der Waals surface area contributed by atoms with Gasteiger partial charge in [-0.3, -0.25) is 0 Å². The minimum absolute atomic E-state index is 0.0812. The zero-order valence-corrected chi connectivity index (χ0v) is 10.6. The zero-order chi connectivity index (χ0) is 15.5. The lowest BCUT2D eigenvalue weighted by Gasteiger charge is -2.13. The van der Waals surface area contributed by atoms with E-state index in [1.54, 1.807) is 6.07 Å². The van der Waals surface area contributed by atoms with Gasteiger partial charge in [0.05, 0.1) is 17.2 Å². The zero-order valence-electron chi connectivity index (χ0n) is 10.6. The monoisotopic (exact) mass is 295 g/mol. The molecule has 0 aromatic heterocycles. The quantitative estimate of drug-likeness (QED) is 0.791. The molecule has 2 aromatic rings. The minimum atomic E-state index is -4.53. The molecule has 0 atom stereocenters. The van der Waals surface area contributed by atoms with E-state index < -0.39 is 17.6 Å². The number of hydrogen-bond acceptors (Lipinski definition) is 2. The van der Waals surface area contributed by atoms with E-state index in [0.717, 1.165) is 18.2 Å². The van der Waals surface area contributed by atoms with Gasteiger partial charge in [0, 0.05) is 0 Å². The lowest BCUT2D eigenvalue weighted by Crippen LogP contribution is -2.08. The third kappa shape index (κ3) is 3.72. The van der Waals surface area contributed by atoms with Crippen LogP contribution in [-0.2, 0) is 12.8 Å². The number of ether oxygens (including phenoxy) is 1. The second-order valence-electron chi connectivity index (χ2n) is 4.24. The summed E-state index contributed by atoms with van der Waals surface area (Å²) in [6, 6.07) is 10.0. The van der Waals surface area contributed by atoms with Crippen molar-refractivity contribution in [1.29, 1.82) is 5.26 Å². The van der Waals surface area contributed by atoms with Gasteiger partial charge in [-0.1, -0.05) is 12.1 Å². The predicted molar refractivity (Wildman–Crippen MR) is 66.9 cm³/mol. The molecule has 0 aliphatic heterocycles. The van der Waals surface area contributed by atoms with E-state index in [0.29, 0.717) is 0 Å². The summed E-state index contributed by atoms with van der Waals surface area (Å²) >= 11 is 0. The first-order valence-corrected chi connectivity index (χ1v) is 5.89. The first-order chi connectivity index (χ1) is 9.90. The lowest BCUT2D eigenvalue weighted by atomic mass is 10.1. The molecule has 2 rings (SSSR count). The van der Waals surface area contributed by atoms with Crippen molar-refractivity contribution in [1.82, 2.24) is 0 Å². The van der Waals surface area contributed by atoms with Crippen LogP contribution < -0.4 is 4.74 Å². The molecule has 0 aliphatic rings. The Morgan fingerprint density at radius 3 is 2.48 bits per heavy atom. The molecular formula is C15H9F4NO. The Bertz CT molecular complexity index is 689. The Kier molecular flexibility index (Phi) is 4.13. The van der Waals surface area contributed by atoms with Crippen LogP contribution in [0.15, 0.2) is 42.5 Å². The van der Waals surface area contributed by atoms with Crippen LogP contribution in [0.2, 0.25) is 0 Å². The standard InChI is InChI=1S/C15H9F4NO/c16-12-6-10(8-20)5-11(7-12)9-21-14-4-2-1-3-13(14)15(17,18)19/h1-7H,9H2. The Balaban J connectivity index is 2.22. The topological polar surface area (TPSA) is 33.0 Å². The molecule has 0 N–H and O–H groups in total. The first-order valence-electron chi connectivity index (χ1n) is 5.89. The molecular weight excluding hydrogens is 286 g/mol. The molecule has 21 heavy (non-hydrogen) atoms. The van der Waals surface area contributed by atoms with E-state index >= 15 is 0 Å². The van der Waals surface area contributed by atoms with Crippen molar-refractivity contribution in [2.45, 2.75) is 12.8 Å². The van der Waals surface area contributed by atoms with Crippen molar-refractivity contribution in [3.63, 3.8) is 0 Å². The normalized spacial score (nSPS) is 11.0. The summed E-state index contributed by atoms with van der Waals surface area (Å²) in [5.74, 6) is -0.982. The molecule has 2 nitrogen and oxygen atoms in total. The summed E-state index contributed by atoms with van der Waals surface area (Å²) in [6.07, 6.45) is -4.53. The van der Waals surface area contributed by atoms with Gasteiger partial charge in [-0.05, 0) is 35.9 Å². The molecule has 0 aliphatic carbocycles. The molecule has 0 heterocycles. The molecule has 2 aromatic carbocycles. The van der Waals surface area contributed by atoms with Crippen LogP contribution in [0.1, 0.15) is 16.7 Å². The van der Waals surface area contributed by atoms with Crippen molar-refractivity contribution in [3.05, 3.63) is 65.0 Å². The number of nitrogens with zero attached hydrogens (tertiary/aromatic N) is 1. The van der Waals surface area contributed by atoms with E-state index in [-0.39, 0.29) is 23.5 Å². The van der Waals surface area contributed by atoms with E-state index in [1.807, 2.05) is 0 Å². The smallest absolute Gasteiger partial charge is 0.419 e. The van der Waals surface area contributed by atoms with E-state index in [4.69, 9.17) is 10.00 Å². The summed E-state index contributed by atoms with van der Waals surface area (Å²) in [6.45, 7) is -0.264. The molecule has 0 spiro atoms. The van der Waals surface area contributed by atoms with E-state index in [9.17, 15) is 17.6 Å². The number of nitriles is 1. The van der Waals surface area contributed by atoms with Crippen LogP contribution >= 0.6 is 0 Å². The van der Waals surface area contributed by atoms with Crippen molar-refractivity contribution >= 4 is 0 Å². The summed E-state index contributed by atoms with van der Waals surface area (Å²) < 4.78 is 56.7. The van der Waals surface area contributed by atoms with Crippen molar-refractivity contribution in [2.24, 2.45) is 0 Å². The molecule has 0 saturated heterocycles. The second kappa shape index (κ2) is 5.83. The summed E-state index contributed by atoms with van der Waals surface area (Å²) in [7, 11) is 0. The third-order valence-corrected chi connectivity index (χ3v) is 2.67. The molecule has 0 fully saturated rings. The molecule has 0 bridgehead atoms. The molecule has 108 valence electrons. The van der Waals surface area contributed by atoms with Crippen molar-refractivity contribution < 1.29 is 22.3 Å². The Morgan fingerprint density at radius 1 is 1.10 bits per heavy atom. The van der Waals surface area contributed by atoms with E-state index in [2.05, 4.69) is 0 Å². The van der Waals surface area contributed by atoms with Crippen LogP contribution in [-0.4, -0.2) is 0 Å². The van der Waals surface area contributed by atoms with E-state index in [1.165, 1.54) is 24.3 Å². The average molecular weight is 295 g/mol. The van der Waals surface area contributed by atoms with Gasteiger partial charge < -0.3 is 4.74 Å². The van der Waals surface area contributed by atoms with Crippen LogP contribution in [0.4, 0.5) is 17.6 Å². The number of hydrogen-bond donors (Lipinski definition) is 0. The second-order valence-corrected chi connectivity index (χ2v) is 4.24. The SMILES string of the molecule is N#Cc1cc(F)cc(COc2ccccc2C(F)(F)F)c1. The molecule has 0 radical (unpaired) electrons. The van der Waals surface area contributed by atoms with Gasteiger partial charge in [0.15, 0.2) is 0 Å². The highest BCUT2D eigenvalue weighted by Crippen LogP contribution is 2.36. The van der Waals surface area contributed by atoms with Gasteiger partial charge in [-0.25, -0.2) is 4.39 Å². The number of halogens is 4. The number of benzene rings is 2. The van der Waals surface area contributed by atoms with Gasteiger partial charge >= 0.3 is 6.18 Å². The molecule has 0 unspecified atom stereocenters. The summed E-state index contributed by atoms with van der Waals surface area (Å²) in [5, 5.41) is 8.72. The van der Waals surface area contributed by atoms with Crippen LogP contribution in [0, 0.1) is 17.1 Å². The summed E-state index contributed by atoms with van der Waals surface area (Å²) in [5.41, 5.74) is -0.539. The Hall–Kier alpha value is -2.55. The van der Waals surface area contributed by atoms with Gasteiger partial charge in [0.2, 0.25) is 0 Å². The lowest BCUT2D eigenvalue weighted by molar-refractivity contribution is -0.139. The first kappa shape index (κ1) is 14.9. The fourth-order valence-electron chi connectivity index (χ4n) is 1.79.